The van der Waals surface area contributed by atoms with E-state index in [0.29, 0.717) is 11.1 Å². The van der Waals surface area contributed by atoms with Crippen molar-refractivity contribution in [2.45, 2.75) is 127 Å². The third-order valence-electron chi connectivity index (χ3n) is 11.4. The second-order valence-corrected chi connectivity index (χ2v) is 16.9. The smallest absolute Gasteiger partial charge is 0.329 e. The van der Waals surface area contributed by atoms with Crippen molar-refractivity contribution in [1.29, 1.82) is 0 Å². The number of likely N-dealkylation sites (N-methyl/N-ethyl adjacent to an activating group) is 1. The van der Waals surface area contributed by atoms with E-state index in [2.05, 4.69) is 31.6 Å². The van der Waals surface area contributed by atoms with Gasteiger partial charge in [0.15, 0.2) is 5.96 Å². The summed E-state index contributed by atoms with van der Waals surface area (Å²) in [5.41, 5.74) is 12.2. The summed E-state index contributed by atoms with van der Waals surface area (Å²) in [4.78, 5) is 130. The molecule has 2 heterocycles. The van der Waals surface area contributed by atoms with Gasteiger partial charge in [0.2, 0.25) is 41.4 Å². The number of carboxylic acid groups (broad SMARTS) is 1. The molecule has 67 heavy (non-hydrogen) atoms. The van der Waals surface area contributed by atoms with Crippen molar-refractivity contribution in [3.05, 3.63) is 71.8 Å². The van der Waals surface area contributed by atoms with Crippen LogP contribution in [-0.4, -0.2) is 147 Å². The van der Waals surface area contributed by atoms with Crippen LogP contribution in [0.5, 0.6) is 0 Å². The third kappa shape index (κ3) is 15.0. The number of cyclic esters (lactones) is 1. The lowest BCUT2D eigenvalue weighted by Crippen LogP contribution is -2.65. The van der Waals surface area contributed by atoms with Crippen LogP contribution in [0.1, 0.15) is 70.9 Å². The van der Waals surface area contributed by atoms with Gasteiger partial charge in [0.05, 0.1) is 6.42 Å². The topological polar surface area (TPSA) is 334 Å². The van der Waals surface area contributed by atoms with E-state index in [1.54, 1.807) is 74.5 Å². The Morgan fingerprint density at radius 3 is 2.00 bits per heavy atom. The monoisotopic (exact) mass is 934 g/mol. The molecule has 22 heteroatoms. The zero-order valence-electron chi connectivity index (χ0n) is 38.2. The Bertz CT molecular complexity index is 2120. The van der Waals surface area contributed by atoms with E-state index in [4.69, 9.17) is 16.2 Å². The van der Waals surface area contributed by atoms with Crippen LogP contribution < -0.4 is 38.1 Å². The highest BCUT2D eigenvalue weighted by atomic mass is 16.5. The number of carbonyl (C=O) groups excluding carboxylic acids is 8. The lowest BCUT2D eigenvalue weighted by atomic mass is 9.95. The van der Waals surface area contributed by atoms with Gasteiger partial charge in [-0.15, -0.1) is 0 Å². The average Bonchev–Trinajstić information content (AvgIpc) is 3.26. The number of piperidine rings is 1. The fourth-order valence-electron chi connectivity index (χ4n) is 7.83. The first kappa shape index (κ1) is 52.5. The molecule has 4 rings (SSSR count). The number of nitrogens with two attached hydrogens (primary N) is 2. The van der Waals surface area contributed by atoms with Crippen LogP contribution in [-0.2, 0) is 60.7 Å². The highest BCUT2D eigenvalue weighted by Gasteiger charge is 2.46. The molecule has 9 unspecified atom stereocenters. The van der Waals surface area contributed by atoms with E-state index in [1.165, 1.54) is 14.0 Å². The molecule has 2 aliphatic heterocycles. The van der Waals surface area contributed by atoms with Crippen LogP contribution in [0.3, 0.4) is 0 Å². The van der Waals surface area contributed by atoms with E-state index >= 15 is 0 Å². The molecule has 0 saturated carbocycles. The molecule has 0 aliphatic carbocycles. The second-order valence-electron chi connectivity index (χ2n) is 16.9. The minimum atomic E-state index is -1.87. The number of benzene rings is 2. The summed E-state index contributed by atoms with van der Waals surface area (Å²) < 4.78 is 5.78. The first-order valence-electron chi connectivity index (χ1n) is 22.0. The summed E-state index contributed by atoms with van der Waals surface area (Å²) in [6.07, 6.45) is -4.44. The highest BCUT2D eigenvalue weighted by Crippen LogP contribution is 2.25. The van der Waals surface area contributed by atoms with Gasteiger partial charge in [-0.3, -0.25) is 43.3 Å². The van der Waals surface area contributed by atoms with E-state index in [0.717, 1.165) is 16.7 Å². The molecule has 2 aliphatic rings. The van der Waals surface area contributed by atoms with E-state index < -0.39 is 120 Å². The largest absolute Gasteiger partial charge is 0.481 e. The van der Waals surface area contributed by atoms with Crippen LogP contribution >= 0.6 is 0 Å². The lowest BCUT2D eigenvalue weighted by molar-refractivity contribution is -0.165. The summed E-state index contributed by atoms with van der Waals surface area (Å²) in [6, 6.07) is 6.84. The summed E-state index contributed by atoms with van der Waals surface area (Å²) >= 11 is 0. The van der Waals surface area contributed by atoms with Crippen molar-refractivity contribution in [3.8, 4) is 0 Å². The maximum Gasteiger partial charge on any atom is 0.329 e. The number of aliphatic imine (C=N–C) groups is 1. The van der Waals surface area contributed by atoms with Crippen molar-refractivity contribution in [1.82, 2.24) is 36.4 Å². The van der Waals surface area contributed by atoms with E-state index in [-0.39, 0.29) is 51.0 Å². The molecular weight excluding hydrogens is 873 g/mol. The predicted octanol–water partition coefficient (Wildman–Crippen LogP) is -1.82. The van der Waals surface area contributed by atoms with Gasteiger partial charge in [0.1, 0.15) is 54.6 Å². The maximum absolute atomic E-state index is 15.0. The Labute approximate surface area is 388 Å². The number of aliphatic carboxylic acids is 1. The number of ether oxygens (including phenoxy) is 1. The number of aliphatic hydroxyl groups excluding tert-OH is 1. The Morgan fingerprint density at radius 2 is 1.45 bits per heavy atom. The molecule has 0 radical (unpaired) electrons. The maximum atomic E-state index is 15.0. The van der Waals surface area contributed by atoms with Gasteiger partial charge >= 0.3 is 11.9 Å². The number of amides is 7. The first-order chi connectivity index (χ1) is 31.7. The Hall–Kier alpha value is -7.10. The minimum Gasteiger partial charge on any atom is -0.481 e. The molecule has 0 spiro atoms. The molecule has 2 aromatic carbocycles. The zero-order chi connectivity index (χ0) is 49.5. The van der Waals surface area contributed by atoms with Crippen molar-refractivity contribution in [2.24, 2.45) is 22.4 Å². The van der Waals surface area contributed by atoms with Gasteiger partial charge in [0, 0.05) is 33.4 Å². The van der Waals surface area contributed by atoms with Crippen molar-refractivity contribution in [3.63, 3.8) is 0 Å². The summed E-state index contributed by atoms with van der Waals surface area (Å²) in [7, 11) is 1.37. The molecule has 11 N–H and O–H groups in total. The fourth-order valence-corrected chi connectivity index (χ4v) is 7.83. The molecule has 22 nitrogen and oxygen atoms in total. The number of hydrogen-bond acceptors (Lipinski definition) is 12. The normalized spacial score (nSPS) is 24.9. The van der Waals surface area contributed by atoms with Gasteiger partial charge in [-0.2, -0.15) is 0 Å². The Balaban J connectivity index is 1.89. The Kier molecular flexibility index (Phi) is 19.2. The second kappa shape index (κ2) is 24.4. The standard InChI is InChI=1S/C45H62N10O12/c1-24(2)36-44(66)67-25(3)37(53-39(61)31(23-35(58)59)49-26(4)56)41(63)50-29(17-12-20-48-45(46)47)38(60)51-30-18-19-34(57)55(42(30)64)33(22-28-15-10-7-11-16-28)43(65)54(5)32(40(62)52-36)21-27-13-8-6-9-14-27/h6-11,13-16,24-25,29-34,36-37,57H,12,17-23H2,1-5H3,(H,49,56)(H,50,63)(H,51,60)(H,52,62)(H,53,61)(H,58,59)(H4,46,47,48). The van der Waals surface area contributed by atoms with Gasteiger partial charge in [-0.1, -0.05) is 74.5 Å². The summed E-state index contributed by atoms with van der Waals surface area (Å²) in [6.45, 7) is 5.48. The number of nitrogens with zero attached hydrogens (tertiary/aromatic N) is 3. The number of nitrogens with one attached hydrogen (secondary N) is 5. The van der Waals surface area contributed by atoms with E-state index in [1.807, 2.05) is 0 Å². The number of esters is 1. The number of guanidine groups is 1. The summed E-state index contributed by atoms with van der Waals surface area (Å²) in [5.74, 6) is -9.78. The molecular formula is C45H62N10O12. The number of fused-ring (bicyclic) bond motifs is 2. The molecule has 2 saturated heterocycles. The predicted molar refractivity (Wildman–Crippen MR) is 241 cm³/mol. The lowest BCUT2D eigenvalue weighted by Gasteiger charge is -2.43. The number of aliphatic hydroxyl groups is 1. The first-order valence-corrected chi connectivity index (χ1v) is 22.0. The van der Waals surface area contributed by atoms with Gasteiger partial charge < -0.3 is 62.8 Å². The van der Waals surface area contributed by atoms with Crippen molar-refractivity contribution < 1.29 is 58.1 Å². The quantitative estimate of drug-likeness (QED) is 0.0436. The number of hydrogen-bond donors (Lipinski definition) is 9. The van der Waals surface area contributed by atoms with Crippen LogP contribution in [0, 0.1) is 5.92 Å². The highest BCUT2D eigenvalue weighted by molar-refractivity contribution is 5.98. The SMILES string of the molecule is CC(=O)NC(CC(=O)O)C(=O)NC1C(=O)NC(CCCN=C(N)N)C(=O)NC2CCC(O)N(C2=O)C(Cc2ccccc2)C(=O)N(C)C(Cc2ccccc2)C(=O)NC(C(C)C)C(=O)OC1C. The molecule has 2 aromatic rings. The van der Waals surface area contributed by atoms with Gasteiger partial charge in [-0.25, -0.2) is 4.79 Å². The third-order valence-corrected chi connectivity index (χ3v) is 11.4. The minimum absolute atomic E-state index is 0.00352. The molecule has 7 amide bonds. The van der Waals surface area contributed by atoms with Crippen molar-refractivity contribution in [2.75, 3.05) is 13.6 Å². The molecule has 2 fully saturated rings. The molecule has 0 aromatic heterocycles. The van der Waals surface area contributed by atoms with Crippen LogP contribution in [0.2, 0.25) is 0 Å². The van der Waals surface area contributed by atoms with Crippen molar-refractivity contribution >= 4 is 59.2 Å². The molecule has 2 bridgehead atoms. The van der Waals surface area contributed by atoms with Gasteiger partial charge in [-0.05, 0) is 49.7 Å². The molecule has 9 atom stereocenters. The zero-order valence-corrected chi connectivity index (χ0v) is 38.2. The average molecular weight is 935 g/mol. The number of carboxylic acids is 1. The van der Waals surface area contributed by atoms with E-state index in [9.17, 15) is 53.4 Å². The van der Waals surface area contributed by atoms with Crippen LogP contribution in [0.15, 0.2) is 65.7 Å². The van der Waals surface area contributed by atoms with Gasteiger partial charge in [0.25, 0.3) is 0 Å². The number of rotatable bonds is 14. The Morgan fingerprint density at radius 1 is 0.851 bits per heavy atom. The summed E-state index contributed by atoms with van der Waals surface area (Å²) in [5, 5.41) is 33.5. The van der Waals surface area contributed by atoms with Crippen LogP contribution in [0.4, 0.5) is 0 Å². The van der Waals surface area contributed by atoms with Crippen LogP contribution in [0.25, 0.3) is 0 Å². The molecule has 364 valence electrons. The number of carbonyl (C=O) groups is 9. The fraction of sp³-hybridized carbons (Fsp3) is 0.511.